The first-order chi connectivity index (χ1) is 10.2. The van der Waals surface area contributed by atoms with Crippen LogP contribution >= 0.6 is 0 Å². The number of ether oxygens (including phenoxy) is 1. The predicted molar refractivity (Wildman–Crippen MR) is 84.7 cm³/mol. The van der Waals surface area contributed by atoms with Gasteiger partial charge in [0, 0.05) is 25.6 Å². The molecule has 4 heteroatoms. The number of likely N-dealkylation sites (tertiary alicyclic amines) is 1. The van der Waals surface area contributed by atoms with Crippen molar-refractivity contribution >= 4 is 5.91 Å². The van der Waals surface area contributed by atoms with E-state index in [4.69, 9.17) is 4.74 Å². The van der Waals surface area contributed by atoms with Crippen LogP contribution in [0.15, 0.2) is 24.3 Å². The Labute approximate surface area is 127 Å². The molecule has 1 heterocycles. The van der Waals surface area contributed by atoms with Gasteiger partial charge in [0.05, 0.1) is 7.11 Å². The summed E-state index contributed by atoms with van der Waals surface area (Å²) in [6.45, 7) is 3.80. The zero-order valence-electron chi connectivity index (χ0n) is 13.3. The number of amides is 1. The fourth-order valence-electron chi connectivity index (χ4n) is 3.01. The molecular formula is C17H26N2O2. The molecule has 2 unspecified atom stereocenters. The van der Waals surface area contributed by atoms with Gasteiger partial charge < -0.3 is 15.0 Å². The number of rotatable bonds is 5. The third-order valence-electron chi connectivity index (χ3n) is 4.33. The van der Waals surface area contributed by atoms with Gasteiger partial charge in [0.15, 0.2) is 0 Å². The van der Waals surface area contributed by atoms with Crippen LogP contribution in [0.2, 0.25) is 0 Å². The summed E-state index contributed by atoms with van der Waals surface area (Å²) in [5.41, 5.74) is 1.11. The van der Waals surface area contributed by atoms with E-state index in [1.807, 2.05) is 36.2 Å². The predicted octanol–water partition coefficient (Wildman–Crippen LogP) is 2.40. The van der Waals surface area contributed by atoms with E-state index >= 15 is 0 Å². The first-order valence-electron chi connectivity index (χ1n) is 7.73. The van der Waals surface area contributed by atoms with Crippen molar-refractivity contribution in [3.8, 4) is 5.75 Å². The summed E-state index contributed by atoms with van der Waals surface area (Å²) in [6, 6.07) is 8.39. The van der Waals surface area contributed by atoms with E-state index in [0.717, 1.165) is 37.2 Å². The van der Waals surface area contributed by atoms with Crippen LogP contribution in [-0.2, 0) is 4.79 Å². The lowest BCUT2D eigenvalue weighted by atomic mass is 9.95. The fraction of sp³-hybridized carbons (Fsp3) is 0.588. The summed E-state index contributed by atoms with van der Waals surface area (Å²) in [5.74, 6) is 1.28. The molecule has 0 aliphatic carbocycles. The second kappa shape index (κ2) is 7.46. The second-order valence-corrected chi connectivity index (χ2v) is 5.81. The van der Waals surface area contributed by atoms with Gasteiger partial charge in [-0.3, -0.25) is 4.79 Å². The number of para-hydroxylation sites is 1. The quantitative estimate of drug-likeness (QED) is 0.905. The number of carbonyl (C=O) groups excluding carboxylic acids is 1. The second-order valence-electron chi connectivity index (χ2n) is 5.81. The van der Waals surface area contributed by atoms with Crippen molar-refractivity contribution in [3.63, 3.8) is 0 Å². The highest BCUT2D eigenvalue weighted by Gasteiger charge is 2.24. The Morgan fingerprint density at radius 1 is 1.48 bits per heavy atom. The summed E-state index contributed by atoms with van der Waals surface area (Å²) in [4.78, 5) is 14.5. The van der Waals surface area contributed by atoms with Gasteiger partial charge in [-0.05, 0) is 37.4 Å². The van der Waals surface area contributed by atoms with Crippen LogP contribution in [-0.4, -0.2) is 44.1 Å². The third kappa shape index (κ3) is 3.97. The van der Waals surface area contributed by atoms with Gasteiger partial charge >= 0.3 is 0 Å². The lowest BCUT2D eigenvalue weighted by molar-refractivity contribution is -0.132. The Bertz CT molecular complexity index is 476. The van der Waals surface area contributed by atoms with Gasteiger partial charge in [0.25, 0.3) is 0 Å². The van der Waals surface area contributed by atoms with Crippen molar-refractivity contribution in [3.05, 3.63) is 29.8 Å². The molecule has 4 nitrogen and oxygen atoms in total. The van der Waals surface area contributed by atoms with Gasteiger partial charge in [0.1, 0.15) is 5.75 Å². The number of methoxy groups -OCH3 is 1. The third-order valence-corrected chi connectivity index (χ3v) is 4.33. The van der Waals surface area contributed by atoms with Crippen LogP contribution in [0.4, 0.5) is 0 Å². The molecule has 2 rings (SSSR count). The number of benzene rings is 1. The summed E-state index contributed by atoms with van der Waals surface area (Å²) in [5, 5.41) is 3.28. The van der Waals surface area contributed by atoms with Gasteiger partial charge in [0.2, 0.25) is 5.91 Å². The maximum absolute atomic E-state index is 12.5. The summed E-state index contributed by atoms with van der Waals surface area (Å²) >= 11 is 0. The molecule has 1 saturated heterocycles. The highest BCUT2D eigenvalue weighted by Crippen LogP contribution is 2.29. The minimum absolute atomic E-state index is 0.170. The van der Waals surface area contributed by atoms with Crippen LogP contribution in [0.25, 0.3) is 0 Å². The molecule has 2 atom stereocenters. The van der Waals surface area contributed by atoms with Crippen molar-refractivity contribution in [2.75, 3.05) is 27.2 Å². The van der Waals surface area contributed by atoms with E-state index in [1.165, 1.54) is 0 Å². The summed E-state index contributed by atoms with van der Waals surface area (Å²) in [7, 11) is 3.64. The molecule has 0 radical (unpaired) electrons. The number of likely N-dealkylation sites (N-methyl/N-ethyl adjacent to an activating group) is 1. The van der Waals surface area contributed by atoms with E-state index in [-0.39, 0.29) is 11.8 Å². The fourth-order valence-corrected chi connectivity index (χ4v) is 3.01. The molecule has 1 aromatic carbocycles. The molecule has 0 saturated carbocycles. The molecule has 1 N–H and O–H groups in total. The lowest BCUT2D eigenvalue weighted by Crippen LogP contribution is -2.47. The Morgan fingerprint density at radius 2 is 2.24 bits per heavy atom. The van der Waals surface area contributed by atoms with Crippen molar-refractivity contribution < 1.29 is 9.53 Å². The van der Waals surface area contributed by atoms with Gasteiger partial charge in [-0.25, -0.2) is 0 Å². The first kappa shape index (κ1) is 15.8. The smallest absolute Gasteiger partial charge is 0.223 e. The van der Waals surface area contributed by atoms with E-state index in [2.05, 4.69) is 12.2 Å². The van der Waals surface area contributed by atoms with Crippen LogP contribution in [0, 0.1) is 0 Å². The van der Waals surface area contributed by atoms with E-state index in [0.29, 0.717) is 12.5 Å². The topological polar surface area (TPSA) is 41.6 Å². The summed E-state index contributed by atoms with van der Waals surface area (Å²) in [6.07, 6.45) is 2.78. The van der Waals surface area contributed by atoms with Crippen LogP contribution < -0.4 is 10.1 Å². The van der Waals surface area contributed by atoms with Crippen molar-refractivity contribution in [1.29, 1.82) is 0 Å². The Hall–Kier alpha value is -1.55. The number of piperidine rings is 1. The number of carbonyl (C=O) groups is 1. The molecule has 1 aliphatic heterocycles. The largest absolute Gasteiger partial charge is 0.496 e. The Morgan fingerprint density at radius 3 is 2.95 bits per heavy atom. The zero-order valence-corrected chi connectivity index (χ0v) is 13.3. The zero-order chi connectivity index (χ0) is 15.2. The van der Waals surface area contributed by atoms with E-state index < -0.39 is 0 Å². The molecule has 0 spiro atoms. The minimum Gasteiger partial charge on any atom is -0.496 e. The Kier molecular flexibility index (Phi) is 5.62. The molecule has 1 amide bonds. The van der Waals surface area contributed by atoms with Crippen molar-refractivity contribution in [2.45, 2.75) is 38.1 Å². The number of nitrogens with one attached hydrogen (secondary N) is 1. The van der Waals surface area contributed by atoms with Gasteiger partial charge in [-0.15, -0.1) is 0 Å². The SMILES string of the molecule is CNC1CCCN(C(=O)CC(C)c2ccccc2OC)C1. The molecule has 1 aromatic rings. The average molecular weight is 290 g/mol. The molecule has 0 bridgehead atoms. The summed E-state index contributed by atoms with van der Waals surface area (Å²) < 4.78 is 5.39. The minimum atomic E-state index is 0.170. The molecule has 21 heavy (non-hydrogen) atoms. The highest BCUT2D eigenvalue weighted by molar-refractivity contribution is 5.77. The van der Waals surface area contributed by atoms with Gasteiger partial charge in [-0.1, -0.05) is 25.1 Å². The standard InChI is InChI=1S/C17H26N2O2/c1-13(15-8-4-5-9-16(15)21-3)11-17(20)19-10-6-7-14(12-19)18-2/h4-5,8-9,13-14,18H,6-7,10-12H2,1-3H3. The highest BCUT2D eigenvalue weighted by atomic mass is 16.5. The maximum atomic E-state index is 12.5. The normalized spacial score (nSPS) is 20.1. The van der Waals surface area contributed by atoms with Crippen LogP contribution in [0.1, 0.15) is 37.7 Å². The Balaban J connectivity index is 1.98. The van der Waals surface area contributed by atoms with Gasteiger partial charge in [-0.2, -0.15) is 0 Å². The maximum Gasteiger partial charge on any atom is 0.223 e. The number of nitrogens with zero attached hydrogens (tertiary/aromatic N) is 1. The monoisotopic (exact) mass is 290 g/mol. The van der Waals surface area contributed by atoms with Crippen molar-refractivity contribution in [2.24, 2.45) is 0 Å². The van der Waals surface area contributed by atoms with E-state index in [9.17, 15) is 4.79 Å². The lowest BCUT2D eigenvalue weighted by Gasteiger charge is -2.33. The van der Waals surface area contributed by atoms with Crippen molar-refractivity contribution in [1.82, 2.24) is 10.2 Å². The number of hydrogen-bond acceptors (Lipinski definition) is 3. The molecule has 1 aliphatic rings. The first-order valence-corrected chi connectivity index (χ1v) is 7.73. The molecule has 116 valence electrons. The molecule has 0 aromatic heterocycles. The number of hydrogen-bond donors (Lipinski definition) is 1. The molecular weight excluding hydrogens is 264 g/mol. The van der Waals surface area contributed by atoms with Crippen LogP contribution in [0.3, 0.4) is 0 Å². The van der Waals surface area contributed by atoms with Crippen LogP contribution in [0.5, 0.6) is 5.75 Å². The van der Waals surface area contributed by atoms with E-state index in [1.54, 1.807) is 7.11 Å². The molecule has 1 fully saturated rings. The average Bonchev–Trinajstić information content (AvgIpc) is 2.54.